The monoisotopic (exact) mass is 260 g/mol. The number of rotatable bonds is 7. The third-order valence-electron chi connectivity index (χ3n) is 3.13. The van der Waals surface area contributed by atoms with Crippen molar-refractivity contribution in [1.29, 1.82) is 5.26 Å². The molecule has 104 valence electrons. The summed E-state index contributed by atoms with van der Waals surface area (Å²) < 4.78 is 5.78. The predicted octanol–water partition coefficient (Wildman–Crippen LogP) is 4.22. The van der Waals surface area contributed by atoms with Gasteiger partial charge in [0.1, 0.15) is 5.75 Å². The first-order chi connectivity index (χ1) is 8.96. The van der Waals surface area contributed by atoms with Gasteiger partial charge in [0, 0.05) is 18.3 Å². The van der Waals surface area contributed by atoms with Crippen molar-refractivity contribution in [2.45, 2.75) is 46.6 Å². The van der Waals surface area contributed by atoms with Crippen LogP contribution in [0.15, 0.2) is 24.3 Å². The van der Waals surface area contributed by atoms with Gasteiger partial charge in [0.15, 0.2) is 0 Å². The average molecular weight is 260 g/mol. The molecule has 0 bridgehead atoms. The lowest BCUT2D eigenvalue weighted by molar-refractivity contribution is 0.217. The summed E-state index contributed by atoms with van der Waals surface area (Å²) in [5.41, 5.74) is 0.757. The molecule has 0 aliphatic heterocycles. The van der Waals surface area contributed by atoms with Crippen LogP contribution in [-0.2, 0) is 0 Å². The fourth-order valence-electron chi connectivity index (χ4n) is 1.57. The quantitative estimate of drug-likeness (QED) is 0.798. The number of nitrogens with zero attached hydrogens (tertiary/aromatic N) is 1. The Morgan fingerprint density at radius 3 is 2.79 bits per heavy atom. The molecule has 0 saturated carbocycles. The lowest BCUT2D eigenvalue weighted by Crippen LogP contribution is -2.14. The third kappa shape index (κ3) is 5.65. The van der Waals surface area contributed by atoms with E-state index in [2.05, 4.69) is 25.2 Å². The molecule has 0 aliphatic rings. The molecule has 0 amide bonds. The normalized spacial score (nSPS) is 12.6. The Bertz CT molecular complexity index is 435. The van der Waals surface area contributed by atoms with Gasteiger partial charge >= 0.3 is 0 Å². The minimum absolute atomic E-state index is 0.229. The maximum Gasteiger partial charge on any atom is 0.121 e. The molecule has 3 nitrogen and oxygen atoms in total. The fourth-order valence-corrected chi connectivity index (χ4v) is 1.57. The van der Waals surface area contributed by atoms with E-state index in [1.165, 1.54) is 0 Å². The van der Waals surface area contributed by atoms with Gasteiger partial charge in [-0.3, -0.25) is 0 Å². The standard InChI is InChI=1S/C16H24N2O/c1-5-13(2)19-15-8-6-7-14(11-15)18-10-9-16(3,4)12-17/h6-8,11,13,18H,5,9-10H2,1-4H3. The van der Waals surface area contributed by atoms with Crippen LogP contribution >= 0.6 is 0 Å². The van der Waals surface area contributed by atoms with Crippen LogP contribution in [0.1, 0.15) is 40.5 Å². The minimum atomic E-state index is -0.280. The topological polar surface area (TPSA) is 45.0 Å². The van der Waals surface area contributed by atoms with Crippen molar-refractivity contribution >= 4 is 5.69 Å². The van der Waals surface area contributed by atoms with Gasteiger partial charge in [-0.2, -0.15) is 5.26 Å². The van der Waals surface area contributed by atoms with Crippen LogP contribution in [0.25, 0.3) is 0 Å². The molecule has 1 atom stereocenters. The first kappa shape index (κ1) is 15.4. The smallest absolute Gasteiger partial charge is 0.121 e. The van der Waals surface area contributed by atoms with Crippen LogP contribution in [0.4, 0.5) is 5.69 Å². The van der Waals surface area contributed by atoms with E-state index in [1.54, 1.807) is 0 Å². The van der Waals surface area contributed by atoms with E-state index in [0.717, 1.165) is 30.8 Å². The van der Waals surface area contributed by atoms with Crippen molar-refractivity contribution in [3.05, 3.63) is 24.3 Å². The predicted molar refractivity (Wildman–Crippen MR) is 79.3 cm³/mol. The fraction of sp³-hybridized carbons (Fsp3) is 0.562. The maximum absolute atomic E-state index is 8.96. The number of hydrogen-bond donors (Lipinski definition) is 1. The lowest BCUT2D eigenvalue weighted by atomic mass is 9.91. The summed E-state index contributed by atoms with van der Waals surface area (Å²) in [4.78, 5) is 0. The van der Waals surface area contributed by atoms with E-state index in [4.69, 9.17) is 10.00 Å². The van der Waals surface area contributed by atoms with Crippen molar-refractivity contribution in [3.8, 4) is 11.8 Å². The molecular formula is C16H24N2O. The molecular weight excluding hydrogens is 236 g/mol. The Morgan fingerprint density at radius 1 is 1.42 bits per heavy atom. The third-order valence-corrected chi connectivity index (χ3v) is 3.13. The van der Waals surface area contributed by atoms with Crippen LogP contribution < -0.4 is 10.1 Å². The number of hydrogen-bond acceptors (Lipinski definition) is 3. The Kier molecular flexibility index (Phi) is 5.69. The lowest BCUT2D eigenvalue weighted by Gasteiger charge is -2.17. The molecule has 0 aromatic heterocycles. The van der Waals surface area contributed by atoms with Crippen molar-refractivity contribution in [2.75, 3.05) is 11.9 Å². The summed E-state index contributed by atoms with van der Waals surface area (Å²) in [5.74, 6) is 0.888. The van der Waals surface area contributed by atoms with Crippen LogP contribution in [0, 0.1) is 16.7 Å². The van der Waals surface area contributed by atoms with Gasteiger partial charge < -0.3 is 10.1 Å². The minimum Gasteiger partial charge on any atom is -0.491 e. The van der Waals surface area contributed by atoms with E-state index >= 15 is 0 Å². The Hall–Kier alpha value is -1.69. The maximum atomic E-state index is 8.96. The zero-order valence-electron chi connectivity index (χ0n) is 12.4. The van der Waals surface area contributed by atoms with Gasteiger partial charge in [0.05, 0.1) is 17.6 Å². The molecule has 0 heterocycles. The van der Waals surface area contributed by atoms with E-state index in [1.807, 2.05) is 38.1 Å². The number of ether oxygens (including phenoxy) is 1. The van der Waals surface area contributed by atoms with E-state index in [-0.39, 0.29) is 11.5 Å². The van der Waals surface area contributed by atoms with Gasteiger partial charge in [0.2, 0.25) is 0 Å². The SMILES string of the molecule is CCC(C)Oc1cccc(NCCC(C)(C)C#N)c1. The van der Waals surface area contributed by atoms with Gasteiger partial charge in [0.25, 0.3) is 0 Å². The largest absolute Gasteiger partial charge is 0.491 e. The number of benzene rings is 1. The van der Waals surface area contributed by atoms with Crippen molar-refractivity contribution in [3.63, 3.8) is 0 Å². The summed E-state index contributed by atoms with van der Waals surface area (Å²) in [6, 6.07) is 10.3. The number of anilines is 1. The first-order valence-electron chi connectivity index (χ1n) is 6.88. The van der Waals surface area contributed by atoms with E-state index in [9.17, 15) is 0 Å². The van der Waals surface area contributed by atoms with Crippen LogP contribution in [0.2, 0.25) is 0 Å². The molecule has 0 fully saturated rings. The van der Waals surface area contributed by atoms with Crippen LogP contribution in [0.3, 0.4) is 0 Å². The number of nitrogens with one attached hydrogen (secondary N) is 1. The summed E-state index contributed by atoms with van der Waals surface area (Å²) >= 11 is 0. The van der Waals surface area contributed by atoms with E-state index < -0.39 is 0 Å². The first-order valence-corrected chi connectivity index (χ1v) is 6.88. The molecule has 0 saturated heterocycles. The zero-order valence-corrected chi connectivity index (χ0v) is 12.4. The molecule has 1 unspecified atom stereocenters. The van der Waals surface area contributed by atoms with Crippen molar-refractivity contribution < 1.29 is 4.74 Å². The summed E-state index contributed by atoms with van der Waals surface area (Å²) in [7, 11) is 0. The van der Waals surface area contributed by atoms with Crippen molar-refractivity contribution in [2.24, 2.45) is 5.41 Å². The zero-order chi connectivity index (χ0) is 14.3. The number of nitriles is 1. The molecule has 0 spiro atoms. The van der Waals surface area contributed by atoms with Gasteiger partial charge in [-0.1, -0.05) is 13.0 Å². The molecule has 1 N–H and O–H groups in total. The summed E-state index contributed by atoms with van der Waals surface area (Å²) in [5, 5.41) is 12.3. The summed E-state index contributed by atoms with van der Waals surface area (Å²) in [6.07, 6.45) is 2.04. The second-order valence-electron chi connectivity index (χ2n) is 5.54. The average Bonchev–Trinajstić information content (AvgIpc) is 2.39. The Labute approximate surface area is 116 Å². The van der Waals surface area contributed by atoms with Crippen LogP contribution in [-0.4, -0.2) is 12.6 Å². The van der Waals surface area contributed by atoms with Crippen molar-refractivity contribution in [1.82, 2.24) is 0 Å². The highest BCUT2D eigenvalue weighted by Gasteiger charge is 2.15. The molecule has 0 aliphatic carbocycles. The van der Waals surface area contributed by atoms with Gasteiger partial charge in [-0.05, 0) is 45.7 Å². The van der Waals surface area contributed by atoms with E-state index in [0.29, 0.717) is 0 Å². The molecule has 0 radical (unpaired) electrons. The van der Waals surface area contributed by atoms with Crippen LogP contribution in [0.5, 0.6) is 5.75 Å². The highest BCUT2D eigenvalue weighted by atomic mass is 16.5. The Balaban J connectivity index is 2.51. The second-order valence-corrected chi connectivity index (χ2v) is 5.54. The highest BCUT2D eigenvalue weighted by Crippen LogP contribution is 2.21. The molecule has 19 heavy (non-hydrogen) atoms. The second kappa shape index (κ2) is 7.04. The molecule has 1 aromatic rings. The molecule has 1 aromatic carbocycles. The molecule has 1 rings (SSSR count). The van der Waals surface area contributed by atoms with Gasteiger partial charge in [-0.15, -0.1) is 0 Å². The summed E-state index contributed by atoms with van der Waals surface area (Å²) in [6.45, 7) is 8.87. The van der Waals surface area contributed by atoms with Gasteiger partial charge in [-0.25, -0.2) is 0 Å². The Morgan fingerprint density at radius 2 is 2.16 bits per heavy atom. The molecule has 3 heteroatoms. The highest BCUT2D eigenvalue weighted by molar-refractivity contribution is 5.48.